The van der Waals surface area contributed by atoms with E-state index in [-0.39, 0.29) is 0 Å². The van der Waals surface area contributed by atoms with Gasteiger partial charge in [0.25, 0.3) is 0 Å². The smallest absolute Gasteiger partial charge is 0.141 e. The summed E-state index contributed by atoms with van der Waals surface area (Å²) in [7, 11) is 0. The van der Waals surface area contributed by atoms with Gasteiger partial charge in [-0.15, -0.1) is 0 Å². The predicted octanol–water partition coefficient (Wildman–Crippen LogP) is 6.30. The summed E-state index contributed by atoms with van der Waals surface area (Å²) in [4.78, 5) is 0. The molecule has 0 aliphatic carbocycles. The molecule has 0 atom stereocenters. The van der Waals surface area contributed by atoms with Gasteiger partial charge in [0, 0.05) is 43.4 Å². The van der Waals surface area contributed by atoms with Gasteiger partial charge >= 0.3 is 0 Å². The molecule has 2 aromatic rings. The third kappa shape index (κ3) is 3.70. The maximum Gasteiger partial charge on any atom is 0.141 e. The fourth-order valence-electron chi connectivity index (χ4n) is 2.88. The number of rotatable bonds is 8. The second-order valence-corrected chi connectivity index (χ2v) is 5.63. The minimum atomic E-state index is 0.526. The molecule has 0 unspecified atom stereocenters. The van der Waals surface area contributed by atoms with E-state index in [1.165, 1.54) is 0 Å². The van der Waals surface area contributed by atoms with Gasteiger partial charge in [0.05, 0.1) is 0 Å². The Bertz CT molecular complexity index is 769. The van der Waals surface area contributed by atoms with Crippen LogP contribution >= 0.6 is 25.8 Å². The molecular weight excluding hydrogens is 348 g/mol. The standard InChI is InChI=1S/C21H20O2S2/c1-5-14-9-11-20(22-24)18(16(14)7-3)13-19-17(8-4)15(6-2)10-12-21(19)23-25/h5-12,24-25H,1-4,13H2. The minimum absolute atomic E-state index is 0.526. The van der Waals surface area contributed by atoms with Crippen molar-refractivity contribution in [1.82, 2.24) is 0 Å². The van der Waals surface area contributed by atoms with Crippen molar-refractivity contribution in [3.05, 3.63) is 84.0 Å². The molecule has 128 valence electrons. The molecule has 0 saturated carbocycles. The highest BCUT2D eigenvalue weighted by molar-refractivity contribution is 7.75. The Morgan fingerprint density at radius 1 is 0.680 bits per heavy atom. The van der Waals surface area contributed by atoms with Crippen LogP contribution in [0.15, 0.2) is 50.6 Å². The molecule has 0 radical (unpaired) electrons. The molecule has 25 heavy (non-hydrogen) atoms. The minimum Gasteiger partial charge on any atom is -0.429 e. The highest BCUT2D eigenvalue weighted by Crippen LogP contribution is 2.36. The van der Waals surface area contributed by atoms with E-state index in [9.17, 15) is 0 Å². The van der Waals surface area contributed by atoms with Crippen LogP contribution in [0.3, 0.4) is 0 Å². The molecule has 0 heterocycles. The zero-order chi connectivity index (χ0) is 18.4. The number of hydrogen-bond donors (Lipinski definition) is 2. The fraction of sp³-hybridized carbons (Fsp3) is 0.0476. The lowest BCUT2D eigenvalue weighted by Crippen LogP contribution is -2.02. The van der Waals surface area contributed by atoms with Crippen molar-refractivity contribution in [1.29, 1.82) is 0 Å². The third-order valence-electron chi connectivity index (χ3n) is 4.09. The van der Waals surface area contributed by atoms with E-state index < -0.39 is 0 Å². The summed E-state index contributed by atoms with van der Waals surface area (Å²) < 4.78 is 10.5. The van der Waals surface area contributed by atoms with Gasteiger partial charge in [-0.1, -0.05) is 62.8 Å². The molecular formula is C21H20O2S2. The molecule has 0 spiro atoms. The second kappa shape index (κ2) is 8.70. The SMILES string of the molecule is C=Cc1ccc(OS)c(Cc2c(OS)ccc(C=C)c2C=C)c1C=C. The van der Waals surface area contributed by atoms with E-state index in [4.69, 9.17) is 8.37 Å². The van der Waals surface area contributed by atoms with Crippen LogP contribution < -0.4 is 8.37 Å². The van der Waals surface area contributed by atoms with Gasteiger partial charge in [-0.05, 0) is 34.4 Å². The van der Waals surface area contributed by atoms with E-state index >= 15 is 0 Å². The van der Waals surface area contributed by atoms with E-state index in [1.54, 1.807) is 24.3 Å². The van der Waals surface area contributed by atoms with Crippen molar-refractivity contribution in [2.75, 3.05) is 0 Å². The Balaban J connectivity index is 2.75. The molecule has 0 aliphatic rings. The number of hydrogen-bond acceptors (Lipinski definition) is 4. The monoisotopic (exact) mass is 368 g/mol. The van der Waals surface area contributed by atoms with Crippen molar-refractivity contribution >= 4 is 50.1 Å². The lowest BCUT2D eigenvalue weighted by atomic mass is 9.90. The van der Waals surface area contributed by atoms with Gasteiger partial charge in [-0.3, -0.25) is 0 Å². The quantitative estimate of drug-likeness (QED) is 0.421. The third-order valence-corrected chi connectivity index (χ3v) is 4.49. The van der Waals surface area contributed by atoms with Crippen LogP contribution in [0.25, 0.3) is 24.3 Å². The molecule has 0 aliphatic heterocycles. The summed E-state index contributed by atoms with van der Waals surface area (Å²) >= 11 is 7.98. The van der Waals surface area contributed by atoms with E-state index in [0.29, 0.717) is 17.9 Å². The summed E-state index contributed by atoms with van der Waals surface area (Å²) in [6.45, 7) is 15.6. The van der Waals surface area contributed by atoms with Crippen molar-refractivity contribution in [2.24, 2.45) is 0 Å². The molecule has 2 nitrogen and oxygen atoms in total. The Morgan fingerprint density at radius 3 is 1.36 bits per heavy atom. The van der Waals surface area contributed by atoms with Crippen molar-refractivity contribution in [3.8, 4) is 11.5 Å². The van der Waals surface area contributed by atoms with Crippen LogP contribution in [0.4, 0.5) is 0 Å². The topological polar surface area (TPSA) is 18.5 Å². The van der Waals surface area contributed by atoms with Gasteiger partial charge in [0.1, 0.15) is 11.5 Å². The number of thiol groups is 2. The first-order chi connectivity index (χ1) is 12.1. The molecule has 0 amide bonds. The van der Waals surface area contributed by atoms with E-state index in [1.807, 2.05) is 24.3 Å². The highest BCUT2D eigenvalue weighted by Gasteiger charge is 2.17. The first-order valence-corrected chi connectivity index (χ1v) is 8.32. The summed E-state index contributed by atoms with van der Waals surface area (Å²) in [5.74, 6) is 1.29. The Morgan fingerprint density at radius 2 is 1.08 bits per heavy atom. The largest absolute Gasteiger partial charge is 0.429 e. The molecule has 0 N–H and O–H groups in total. The van der Waals surface area contributed by atoms with Crippen LogP contribution in [-0.4, -0.2) is 0 Å². The van der Waals surface area contributed by atoms with Crippen LogP contribution in [0, 0.1) is 0 Å². The van der Waals surface area contributed by atoms with Crippen molar-refractivity contribution in [2.45, 2.75) is 6.42 Å². The highest BCUT2D eigenvalue weighted by atomic mass is 32.1. The van der Waals surface area contributed by atoms with E-state index in [2.05, 4.69) is 52.1 Å². The fourth-order valence-corrected chi connectivity index (χ4v) is 3.22. The molecule has 0 aromatic heterocycles. The Labute approximate surface area is 160 Å². The maximum absolute atomic E-state index is 5.27. The van der Waals surface area contributed by atoms with Gasteiger partial charge in [-0.25, -0.2) is 0 Å². The Hall–Kier alpha value is -2.30. The van der Waals surface area contributed by atoms with Gasteiger partial charge < -0.3 is 8.37 Å². The van der Waals surface area contributed by atoms with Gasteiger partial charge in [0.15, 0.2) is 0 Å². The summed E-state index contributed by atoms with van der Waals surface area (Å²) in [5, 5.41) is 0. The van der Waals surface area contributed by atoms with Crippen LogP contribution in [0.2, 0.25) is 0 Å². The predicted molar refractivity (Wildman–Crippen MR) is 115 cm³/mol. The molecule has 0 bridgehead atoms. The van der Waals surface area contributed by atoms with E-state index in [0.717, 1.165) is 33.4 Å². The van der Waals surface area contributed by atoms with Crippen LogP contribution in [0.5, 0.6) is 11.5 Å². The van der Waals surface area contributed by atoms with Gasteiger partial charge in [0.2, 0.25) is 0 Å². The molecule has 4 heteroatoms. The summed E-state index contributed by atoms with van der Waals surface area (Å²) in [6, 6.07) is 7.56. The number of benzene rings is 2. The zero-order valence-electron chi connectivity index (χ0n) is 13.9. The van der Waals surface area contributed by atoms with Crippen molar-refractivity contribution in [3.63, 3.8) is 0 Å². The Kier molecular flexibility index (Phi) is 6.62. The first-order valence-electron chi connectivity index (χ1n) is 7.59. The lowest BCUT2D eigenvalue weighted by molar-refractivity contribution is 0.637. The second-order valence-electron chi connectivity index (χ2n) is 5.27. The summed E-state index contributed by atoms with van der Waals surface area (Å²) in [6.07, 6.45) is 7.67. The van der Waals surface area contributed by atoms with Crippen molar-refractivity contribution < 1.29 is 8.37 Å². The zero-order valence-corrected chi connectivity index (χ0v) is 15.7. The molecule has 2 aromatic carbocycles. The van der Waals surface area contributed by atoms with Crippen LogP contribution in [0.1, 0.15) is 33.4 Å². The maximum atomic E-state index is 5.27. The molecule has 0 saturated heterocycles. The average molecular weight is 369 g/mol. The lowest BCUT2D eigenvalue weighted by Gasteiger charge is -2.18. The summed E-state index contributed by atoms with van der Waals surface area (Å²) in [5.41, 5.74) is 5.66. The van der Waals surface area contributed by atoms with Crippen LogP contribution in [-0.2, 0) is 6.42 Å². The first kappa shape index (κ1) is 19.0. The normalized spacial score (nSPS) is 10.0. The molecule has 2 rings (SSSR count). The van der Waals surface area contributed by atoms with Gasteiger partial charge in [-0.2, -0.15) is 0 Å². The molecule has 0 fully saturated rings. The average Bonchev–Trinajstić information content (AvgIpc) is 2.66.